The molecule has 1 unspecified atom stereocenters. The van der Waals surface area contributed by atoms with Crippen LogP contribution < -0.4 is 10.6 Å². The molecule has 9 heteroatoms. The Kier molecular flexibility index (Phi) is 8.70. The fraction of sp³-hybridized carbons (Fsp3) is 0.400. The van der Waals surface area contributed by atoms with Gasteiger partial charge in [-0.05, 0) is 17.7 Å². The summed E-state index contributed by atoms with van der Waals surface area (Å²) in [6.07, 6.45) is 5.73. The summed E-state index contributed by atoms with van der Waals surface area (Å²) in [7, 11) is 0. The molecule has 1 fully saturated rings. The number of ether oxygens (including phenoxy) is 1. The lowest BCUT2D eigenvalue weighted by Crippen LogP contribution is -2.43. The molecule has 1 saturated heterocycles. The minimum atomic E-state index is -0.0582. The van der Waals surface area contributed by atoms with E-state index in [0.717, 1.165) is 12.1 Å². The standard InChI is InChI=1S/C15H19N5O2.2ClH/c21-15(9-13-11-22-8-6-17-13)18-14-3-7-20(19-14)10-12-1-4-16-5-2-12;;/h1-5,7,13,17H,6,8-11H2,(H,18,19,21);2*1H. The monoisotopic (exact) mass is 373 g/mol. The zero-order valence-corrected chi connectivity index (χ0v) is 14.7. The molecule has 24 heavy (non-hydrogen) atoms. The number of amides is 1. The minimum Gasteiger partial charge on any atom is -0.378 e. The topological polar surface area (TPSA) is 81.1 Å². The van der Waals surface area contributed by atoms with Crippen molar-refractivity contribution in [1.29, 1.82) is 0 Å². The quantitative estimate of drug-likeness (QED) is 0.829. The molecule has 0 spiro atoms. The molecule has 1 aliphatic rings. The van der Waals surface area contributed by atoms with E-state index in [1.165, 1.54) is 0 Å². The SMILES string of the molecule is Cl.Cl.O=C(CC1COCCN1)Nc1ccn(Cc2ccncc2)n1. The number of hydrogen-bond acceptors (Lipinski definition) is 5. The summed E-state index contributed by atoms with van der Waals surface area (Å²) in [5.74, 6) is 0.507. The van der Waals surface area contributed by atoms with E-state index in [-0.39, 0.29) is 36.8 Å². The van der Waals surface area contributed by atoms with E-state index in [2.05, 4.69) is 20.7 Å². The van der Waals surface area contributed by atoms with Crippen LogP contribution in [0.2, 0.25) is 0 Å². The van der Waals surface area contributed by atoms with Gasteiger partial charge in [-0.1, -0.05) is 0 Å². The average Bonchev–Trinajstić information content (AvgIpc) is 2.96. The van der Waals surface area contributed by atoms with Crippen molar-refractivity contribution in [3.63, 3.8) is 0 Å². The van der Waals surface area contributed by atoms with Crippen LogP contribution in [0.25, 0.3) is 0 Å². The van der Waals surface area contributed by atoms with Crippen LogP contribution in [0.3, 0.4) is 0 Å². The fourth-order valence-corrected chi connectivity index (χ4v) is 2.36. The Morgan fingerprint density at radius 1 is 1.33 bits per heavy atom. The van der Waals surface area contributed by atoms with Crippen LogP contribution in [0.5, 0.6) is 0 Å². The van der Waals surface area contributed by atoms with Crippen molar-refractivity contribution in [2.24, 2.45) is 0 Å². The van der Waals surface area contributed by atoms with Gasteiger partial charge in [0.15, 0.2) is 5.82 Å². The summed E-state index contributed by atoms with van der Waals surface area (Å²) in [5, 5.41) is 10.4. The second-order valence-corrected chi connectivity index (χ2v) is 5.23. The molecule has 0 aromatic carbocycles. The highest BCUT2D eigenvalue weighted by atomic mass is 35.5. The molecule has 0 saturated carbocycles. The third-order valence-corrected chi connectivity index (χ3v) is 3.43. The van der Waals surface area contributed by atoms with E-state index >= 15 is 0 Å². The number of nitrogens with one attached hydrogen (secondary N) is 2. The first-order chi connectivity index (χ1) is 10.8. The highest BCUT2D eigenvalue weighted by Gasteiger charge is 2.17. The first-order valence-corrected chi connectivity index (χ1v) is 7.33. The number of morpholine rings is 1. The number of pyridine rings is 1. The van der Waals surface area contributed by atoms with E-state index in [4.69, 9.17) is 4.74 Å². The number of carbonyl (C=O) groups excluding carboxylic acids is 1. The number of anilines is 1. The Labute approximate surface area is 153 Å². The molecule has 3 rings (SSSR count). The molecule has 0 radical (unpaired) electrons. The Hall–Kier alpha value is -1.67. The maximum Gasteiger partial charge on any atom is 0.227 e. The molecule has 2 aromatic heterocycles. The maximum absolute atomic E-state index is 12.0. The Morgan fingerprint density at radius 2 is 2.12 bits per heavy atom. The van der Waals surface area contributed by atoms with Gasteiger partial charge in [0.1, 0.15) is 0 Å². The third kappa shape index (κ3) is 6.09. The largest absolute Gasteiger partial charge is 0.378 e. The smallest absolute Gasteiger partial charge is 0.227 e. The molecule has 2 aromatic rings. The second kappa shape index (κ2) is 10.2. The molecule has 3 heterocycles. The van der Waals surface area contributed by atoms with Crippen molar-refractivity contribution < 1.29 is 9.53 Å². The highest BCUT2D eigenvalue weighted by Crippen LogP contribution is 2.07. The molecule has 1 aliphatic heterocycles. The van der Waals surface area contributed by atoms with Gasteiger partial charge in [-0.3, -0.25) is 14.5 Å². The summed E-state index contributed by atoms with van der Waals surface area (Å²) in [5.41, 5.74) is 1.11. The van der Waals surface area contributed by atoms with E-state index in [1.807, 2.05) is 18.3 Å². The molecule has 1 atom stereocenters. The van der Waals surface area contributed by atoms with Gasteiger partial charge in [0.05, 0.1) is 19.8 Å². The van der Waals surface area contributed by atoms with Crippen LogP contribution in [0, 0.1) is 0 Å². The zero-order chi connectivity index (χ0) is 15.2. The summed E-state index contributed by atoms with van der Waals surface area (Å²) in [6, 6.07) is 5.75. The van der Waals surface area contributed by atoms with Gasteiger partial charge in [0.25, 0.3) is 0 Å². The van der Waals surface area contributed by atoms with Crippen molar-refractivity contribution in [1.82, 2.24) is 20.1 Å². The summed E-state index contributed by atoms with van der Waals surface area (Å²) < 4.78 is 7.12. The normalized spacial score (nSPS) is 16.6. The number of halogens is 2. The van der Waals surface area contributed by atoms with Crippen molar-refractivity contribution >= 4 is 36.5 Å². The third-order valence-electron chi connectivity index (χ3n) is 3.43. The average molecular weight is 374 g/mol. The number of carbonyl (C=O) groups is 1. The number of rotatable bonds is 5. The Bertz CT molecular complexity index is 617. The first kappa shape index (κ1) is 20.4. The lowest BCUT2D eigenvalue weighted by atomic mass is 10.2. The molecule has 0 aliphatic carbocycles. The fourth-order valence-electron chi connectivity index (χ4n) is 2.36. The summed E-state index contributed by atoms with van der Waals surface area (Å²) in [6.45, 7) is 2.72. The lowest BCUT2D eigenvalue weighted by molar-refractivity contribution is -0.117. The summed E-state index contributed by atoms with van der Waals surface area (Å²) >= 11 is 0. The molecule has 0 bridgehead atoms. The zero-order valence-electron chi connectivity index (χ0n) is 13.1. The van der Waals surface area contributed by atoms with Crippen LogP contribution in [-0.2, 0) is 16.1 Å². The summed E-state index contributed by atoms with van der Waals surface area (Å²) in [4.78, 5) is 16.0. The lowest BCUT2D eigenvalue weighted by Gasteiger charge is -2.22. The molecule has 2 N–H and O–H groups in total. The van der Waals surface area contributed by atoms with Crippen molar-refractivity contribution in [2.75, 3.05) is 25.1 Å². The van der Waals surface area contributed by atoms with E-state index in [1.54, 1.807) is 23.1 Å². The van der Waals surface area contributed by atoms with Gasteiger partial charge in [-0.2, -0.15) is 5.10 Å². The highest BCUT2D eigenvalue weighted by molar-refractivity contribution is 5.90. The number of hydrogen-bond donors (Lipinski definition) is 2. The van der Waals surface area contributed by atoms with Gasteiger partial charge in [-0.15, -0.1) is 24.8 Å². The van der Waals surface area contributed by atoms with Crippen LogP contribution in [0.1, 0.15) is 12.0 Å². The van der Waals surface area contributed by atoms with Gasteiger partial charge >= 0.3 is 0 Å². The van der Waals surface area contributed by atoms with E-state index < -0.39 is 0 Å². The van der Waals surface area contributed by atoms with Crippen LogP contribution in [0.15, 0.2) is 36.8 Å². The van der Waals surface area contributed by atoms with Gasteiger partial charge in [0.2, 0.25) is 5.91 Å². The number of aromatic nitrogens is 3. The van der Waals surface area contributed by atoms with E-state index in [9.17, 15) is 4.79 Å². The predicted molar refractivity (Wildman–Crippen MR) is 95.9 cm³/mol. The van der Waals surface area contributed by atoms with Crippen molar-refractivity contribution in [2.45, 2.75) is 19.0 Å². The Balaban J connectivity index is 0.00000144. The predicted octanol–water partition coefficient (Wildman–Crippen LogP) is 1.49. The Morgan fingerprint density at radius 3 is 2.83 bits per heavy atom. The van der Waals surface area contributed by atoms with Crippen LogP contribution in [0.4, 0.5) is 5.82 Å². The van der Waals surface area contributed by atoms with E-state index in [0.29, 0.717) is 32.0 Å². The van der Waals surface area contributed by atoms with Gasteiger partial charge in [0, 0.05) is 43.7 Å². The molecule has 1 amide bonds. The van der Waals surface area contributed by atoms with Gasteiger partial charge in [-0.25, -0.2) is 0 Å². The molecular weight excluding hydrogens is 353 g/mol. The first-order valence-electron chi connectivity index (χ1n) is 7.33. The molecule has 7 nitrogen and oxygen atoms in total. The van der Waals surface area contributed by atoms with Crippen molar-refractivity contribution in [3.05, 3.63) is 42.4 Å². The van der Waals surface area contributed by atoms with Crippen molar-refractivity contribution in [3.8, 4) is 0 Å². The molecule has 132 valence electrons. The number of nitrogens with zero attached hydrogens (tertiary/aromatic N) is 3. The second-order valence-electron chi connectivity index (χ2n) is 5.23. The minimum absolute atomic E-state index is 0. The van der Waals surface area contributed by atoms with Crippen LogP contribution in [-0.4, -0.2) is 46.5 Å². The molecular formula is C15H21Cl2N5O2. The van der Waals surface area contributed by atoms with Gasteiger partial charge < -0.3 is 15.4 Å². The maximum atomic E-state index is 12.0. The van der Waals surface area contributed by atoms with Crippen LogP contribution >= 0.6 is 24.8 Å².